The van der Waals surface area contributed by atoms with Gasteiger partial charge in [0, 0.05) is 12.1 Å². The van der Waals surface area contributed by atoms with Crippen molar-refractivity contribution in [1.82, 2.24) is 9.62 Å². The van der Waals surface area contributed by atoms with Crippen molar-refractivity contribution >= 4 is 17.0 Å². The summed E-state index contributed by atoms with van der Waals surface area (Å²) >= 11 is 0. The van der Waals surface area contributed by atoms with E-state index >= 15 is 0 Å². The number of urea groups is 1. The van der Waals surface area contributed by atoms with Crippen molar-refractivity contribution in [3.63, 3.8) is 0 Å². The number of nitrogens with zero attached hydrogens (tertiary/aromatic N) is 1. The zero-order valence-corrected chi connectivity index (χ0v) is 12.0. The Kier molecular flexibility index (Phi) is 5.34. The molecule has 1 aromatic rings. The summed E-state index contributed by atoms with van der Waals surface area (Å²) < 4.78 is 14.5. The predicted octanol–water partition coefficient (Wildman–Crippen LogP) is 2.54. The molecule has 0 bridgehead atoms. The summed E-state index contributed by atoms with van der Waals surface area (Å²) in [4.78, 5) is 14.3. The lowest BCUT2D eigenvalue weighted by Crippen LogP contribution is -2.48. The maximum atomic E-state index is 12.0. The van der Waals surface area contributed by atoms with Crippen molar-refractivity contribution in [1.29, 1.82) is 0 Å². The van der Waals surface area contributed by atoms with E-state index in [-0.39, 0.29) is 18.1 Å². The van der Waals surface area contributed by atoms with Gasteiger partial charge in [-0.05, 0) is 39.8 Å². The van der Waals surface area contributed by atoms with Crippen LogP contribution in [-0.2, 0) is 11.0 Å². The average Bonchev–Trinajstić information content (AvgIpc) is 2.28. The Morgan fingerprint density at radius 2 is 1.61 bits per heavy atom. The molecule has 100 valence electrons. The SMILES string of the molecule is CC(C)N(C(=O)N[S@](=O)c1ccccc1)C(C)C. The minimum Gasteiger partial charge on any atom is -0.319 e. The molecule has 2 amide bonds. The van der Waals surface area contributed by atoms with Gasteiger partial charge in [0.15, 0.2) is 11.0 Å². The molecule has 1 atom stereocenters. The molecule has 5 heteroatoms. The van der Waals surface area contributed by atoms with Gasteiger partial charge >= 0.3 is 6.03 Å². The molecule has 0 radical (unpaired) electrons. The number of nitrogens with one attached hydrogen (secondary N) is 1. The zero-order valence-electron chi connectivity index (χ0n) is 11.2. The smallest absolute Gasteiger partial charge is 0.319 e. The van der Waals surface area contributed by atoms with Gasteiger partial charge in [-0.15, -0.1) is 0 Å². The Morgan fingerprint density at radius 1 is 1.11 bits per heavy atom. The van der Waals surface area contributed by atoms with Crippen molar-refractivity contribution in [2.45, 2.75) is 44.7 Å². The molecule has 1 aromatic carbocycles. The fraction of sp³-hybridized carbons (Fsp3) is 0.462. The zero-order chi connectivity index (χ0) is 13.7. The molecule has 0 aliphatic carbocycles. The molecule has 1 rings (SSSR count). The summed E-state index contributed by atoms with van der Waals surface area (Å²) in [6.45, 7) is 7.74. The number of amides is 2. The van der Waals surface area contributed by atoms with Crippen molar-refractivity contribution in [3.8, 4) is 0 Å². The van der Waals surface area contributed by atoms with Crippen LogP contribution in [0, 0.1) is 0 Å². The third kappa shape index (κ3) is 3.84. The normalized spacial score (nSPS) is 12.6. The van der Waals surface area contributed by atoms with Gasteiger partial charge in [-0.2, -0.15) is 0 Å². The van der Waals surface area contributed by atoms with E-state index in [1.807, 2.05) is 33.8 Å². The van der Waals surface area contributed by atoms with Crippen LogP contribution in [0.25, 0.3) is 0 Å². The lowest BCUT2D eigenvalue weighted by molar-refractivity contribution is 0.171. The number of carbonyl (C=O) groups excluding carboxylic acids is 1. The van der Waals surface area contributed by atoms with E-state index in [4.69, 9.17) is 0 Å². The van der Waals surface area contributed by atoms with Gasteiger partial charge in [0.2, 0.25) is 0 Å². The van der Waals surface area contributed by atoms with Gasteiger partial charge in [0.05, 0.1) is 4.90 Å². The molecule has 0 saturated carbocycles. The van der Waals surface area contributed by atoms with E-state index in [0.29, 0.717) is 4.90 Å². The topological polar surface area (TPSA) is 49.4 Å². The fourth-order valence-corrected chi connectivity index (χ4v) is 2.59. The summed E-state index contributed by atoms with van der Waals surface area (Å²) in [6.07, 6.45) is 0. The molecule has 0 spiro atoms. The second-order valence-corrected chi connectivity index (χ2v) is 5.80. The van der Waals surface area contributed by atoms with E-state index in [1.165, 1.54) is 0 Å². The molecule has 0 unspecified atom stereocenters. The largest absolute Gasteiger partial charge is 0.329 e. The van der Waals surface area contributed by atoms with Gasteiger partial charge < -0.3 is 4.90 Å². The minimum atomic E-state index is -1.51. The van der Waals surface area contributed by atoms with Gasteiger partial charge in [-0.1, -0.05) is 18.2 Å². The van der Waals surface area contributed by atoms with Crippen molar-refractivity contribution in [2.75, 3.05) is 0 Å². The highest BCUT2D eigenvalue weighted by Crippen LogP contribution is 2.08. The molecule has 4 nitrogen and oxygen atoms in total. The number of rotatable bonds is 4. The minimum absolute atomic E-state index is 0.0674. The van der Waals surface area contributed by atoms with Crippen LogP contribution in [0.1, 0.15) is 27.7 Å². The second-order valence-electron chi connectivity index (χ2n) is 4.58. The third-order valence-electron chi connectivity index (χ3n) is 2.48. The summed E-state index contributed by atoms with van der Waals surface area (Å²) in [5.74, 6) is 0. The van der Waals surface area contributed by atoms with Gasteiger partial charge in [-0.25, -0.2) is 9.00 Å². The van der Waals surface area contributed by atoms with Crippen LogP contribution in [0.3, 0.4) is 0 Å². The standard InChI is InChI=1S/C13H20N2O2S/c1-10(2)15(11(3)4)13(16)14-18(17)12-8-6-5-7-9-12/h5-11H,1-4H3,(H,14,16)/t18-/m1/s1. The summed E-state index contributed by atoms with van der Waals surface area (Å²) in [6, 6.07) is 8.72. The summed E-state index contributed by atoms with van der Waals surface area (Å²) in [5.41, 5.74) is 0. The first kappa shape index (κ1) is 14.7. The highest BCUT2D eigenvalue weighted by molar-refractivity contribution is 7.83. The number of benzene rings is 1. The van der Waals surface area contributed by atoms with Crippen molar-refractivity contribution in [2.24, 2.45) is 0 Å². The Bertz CT molecular complexity index is 410. The van der Waals surface area contributed by atoms with Crippen LogP contribution in [0.15, 0.2) is 35.2 Å². The Labute approximate surface area is 111 Å². The highest BCUT2D eigenvalue weighted by Gasteiger charge is 2.21. The lowest BCUT2D eigenvalue weighted by atomic mass is 10.2. The van der Waals surface area contributed by atoms with Gasteiger partial charge in [-0.3, -0.25) is 4.72 Å². The molecule has 0 heterocycles. The van der Waals surface area contributed by atoms with Crippen molar-refractivity contribution in [3.05, 3.63) is 30.3 Å². The number of hydrogen-bond acceptors (Lipinski definition) is 2. The Balaban J connectivity index is 2.73. The molecule has 0 saturated heterocycles. The first-order chi connectivity index (χ1) is 8.43. The van der Waals surface area contributed by atoms with E-state index in [0.717, 1.165) is 0 Å². The van der Waals surface area contributed by atoms with E-state index in [2.05, 4.69) is 4.72 Å². The Morgan fingerprint density at radius 3 is 2.06 bits per heavy atom. The number of hydrogen-bond donors (Lipinski definition) is 1. The average molecular weight is 268 g/mol. The predicted molar refractivity (Wildman–Crippen MR) is 73.5 cm³/mol. The first-order valence-electron chi connectivity index (χ1n) is 5.99. The molecule has 0 aliphatic rings. The van der Waals surface area contributed by atoms with Gasteiger partial charge in [0.25, 0.3) is 0 Å². The molecule has 0 aliphatic heterocycles. The van der Waals surface area contributed by atoms with Crippen molar-refractivity contribution < 1.29 is 9.00 Å². The van der Waals surface area contributed by atoms with E-state index < -0.39 is 11.0 Å². The Hall–Kier alpha value is -1.36. The quantitative estimate of drug-likeness (QED) is 0.912. The number of carbonyl (C=O) groups is 1. The maximum absolute atomic E-state index is 12.0. The summed E-state index contributed by atoms with van der Waals surface area (Å²) in [5, 5.41) is 0. The molecule has 0 aromatic heterocycles. The van der Waals surface area contributed by atoms with Gasteiger partial charge in [0.1, 0.15) is 0 Å². The fourth-order valence-electron chi connectivity index (χ4n) is 1.80. The molecular weight excluding hydrogens is 248 g/mol. The third-order valence-corrected chi connectivity index (χ3v) is 3.54. The van der Waals surface area contributed by atoms with Crippen LogP contribution in [0.2, 0.25) is 0 Å². The highest BCUT2D eigenvalue weighted by atomic mass is 32.2. The van der Waals surface area contributed by atoms with Crippen LogP contribution in [-0.4, -0.2) is 27.2 Å². The first-order valence-corrected chi connectivity index (χ1v) is 7.14. The molecule has 1 N–H and O–H groups in total. The molecule has 18 heavy (non-hydrogen) atoms. The molecule has 0 fully saturated rings. The molecular formula is C13H20N2O2S. The summed E-state index contributed by atoms with van der Waals surface area (Å²) in [7, 11) is -1.51. The van der Waals surface area contributed by atoms with Crippen LogP contribution in [0.4, 0.5) is 4.79 Å². The lowest BCUT2D eigenvalue weighted by Gasteiger charge is -2.30. The maximum Gasteiger partial charge on any atom is 0.329 e. The van der Waals surface area contributed by atoms with Crippen LogP contribution >= 0.6 is 0 Å². The van der Waals surface area contributed by atoms with Crippen LogP contribution < -0.4 is 4.72 Å². The van der Waals surface area contributed by atoms with E-state index in [9.17, 15) is 9.00 Å². The van der Waals surface area contributed by atoms with E-state index in [1.54, 1.807) is 29.2 Å². The monoisotopic (exact) mass is 268 g/mol. The van der Waals surface area contributed by atoms with Crippen LogP contribution in [0.5, 0.6) is 0 Å². The second kappa shape index (κ2) is 6.54.